The van der Waals surface area contributed by atoms with Gasteiger partial charge in [-0.15, -0.1) is 0 Å². The smallest absolute Gasteiger partial charge is 0.128 e. The number of oxime groups is 1. The fourth-order valence-corrected chi connectivity index (χ4v) is 1.25. The summed E-state index contributed by atoms with van der Waals surface area (Å²) in [6.45, 7) is 3.04. The van der Waals surface area contributed by atoms with Crippen molar-refractivity contribution in [1.29, 1.82) is 0 Å². The number of benzene rings is 1. The number of nitrogens with zero attached hydrogens (tertiary/aromatic N) is 1. The molecular formula is C11H14FNO2. The standard InChI is InChI=1S/C11H14FNO2/c1-8-3-4-10(9(2)13-14)11(7-8)15-6-5-12/h3-4,7,14H,5-6H2,1-2H3/b13-9-. The van der Waals surface area contributed by atoms with Crippen molar-refractivity contribution < 1.29 is 14.3 Å². The van der Waals surface area contributed by atoms with Gasteiger partial charge in [0, 0.05) is 5.56 Å². The lowest BCUT2D eigenvalue weighted by atomic mass is 10.1. The van der Waals surface area contributed by atoms with Crippen LogP contribution in [0.5, 0.6) is 5.75 Å². The van der Waals surface area contributed by atoms with Crippen LogP contribution in [0.3, 0.4) is 0 Å². The van der Waals surface area contributed by atoms with Gasteiger partial charge in [-0.25, -0.2) is 4.39 Å². The van der Waals surface area contributed by atoms with Gasteiger partial charge in [-0.2, -0.15) is 0 Å². The first-order valence-electron chi connectivity index (χ1n) is 4.67. The highest BCUT2D eigenvalue weighted by molar-refractivity contribution is 6.00. The molecule has 82 valence electrons. The van der Waals surface area contributed by atoms with Crippen molar-refractivity contribution in [3.63, 3.8) is 0 Å². The molecular weight excluding hydrogens is 197 g/mol. The van der Waals surface area contributed by atoms with Gasteiger partial charge in [0.2, 0.25) is 0 Å². The molecule has 0 spiro atoms. The molecule has 0 atom stereocenters. The van der Waals surface area contributed by atoms with Crippen LogP contribution in [-0.4, -0.2) is 24.2 Å². The molecule has 3 nitrogen and oxygen atoms in total. The highest BCUT2D eigenvalue weighted by Crippen LogP contribution is 2.21. The third-order valence-corrected chi connectivity index (χ3v) is 2.01. The Hall–Kier alpha value is -1.58. The Morgan fingerprint density at radius 2 is 2.27 bits per heavy atom. The zero-order valence-electron chi connectivity index (χ0n) is 8.83. The summed E-state index contributed by atoms with van der Waals surface area (Å²) >= 11 is 0. The van der Waals surface area contributed by atoms with Crippen LogP contribution in [0.2, 0.25) is 0 Å². The normalized spacial score (nSPS) is 11.5. The van der Waals surface area contributed by atoms with Gasteiger partial charge < -0.3 is 9.94 Å². The minimum absolute atomic E-state index is 0.00909. The van der Waals surface area contributed by atoms with E-state index in [1.165, 1.54) is 0 Å². The molecule has 0 saturated heterocycles. The second-order valence-corrected chi connectivity index (χ2v) is 3.22. The van der Waals surface area contributed by atoms with E-state index in [4.69, 9.17) is 9.94 Å². The number of halogens is 1. The number of ether oxygens (including phenoxy) is 1. The second kappa shape index (κ2) is 5.34. The lowest BCUT2D eigenvalue weighted by molar-refractivity contribution is 0.272. The van der Waals surface area contributed by atoms with Crippen LogP contribution in [0, 0.1) is 6.92 Å². The molecule has 4 heteroatoms. The molecule has 0 bridgehead atoms. The first-order chi connectivity index (χ1) is 7.19. The van der Waals surface area contributed by atoms with Crippen LogP contribution in [0.25, 0.3) is 0 Å². The molecule has 0 aliphatic rings. The predicted molar refractivity (Wildman–Crippen MR) is 56.6 cm³/mol. The van der Waals surface area contributed by atoms with Gasteiger partial charge in [-0.05, 0) is 31.5 Å². The van der Waals surface area contributed by atoms with Crippen molar-refractivity contribution in [3.8, 4) is 5.75 Å². The highest BCUT2D eigenvalue weighted by atomic mass is 19.1. The lowest BCUT2D eigenvalue weighted by Crippen LogP contribution is -2.05. The van der Waals surface area contributed by atoms with Gasteiger partial charge in [0.05, 0.1) is 5.71 Å². The first-order valence-corrected chi connectivity index (χ1v) is 4.67. The van der Waals surface area contributed by atoms with Crippen LogP contribution in [0.4, 0.5) is 4.39 Å². The maximum atomic E-state index is 12.0. The zero-order valence-corrected chi connectivity index (χ0v) is 8.83. The van der Waals surface area contributed by atoms with Crippen molar-refractivity contribution in [2.75, 3.05) is 13.3 Å². The van der Waals surface area contributed by atoms with E-state index in [0.29, 0.717) is 17.0 Å². The summed E-state index contributed by atoms with van der Waals surface area (Å²) in [6, 6.07) is 5.46. The van der Waals surface area contributed by atoms with E-state index in [1.807, 2.05) is 13.0 Å². The van der Waals surface area contributed by atoms with Crippen molar-refractivity contribution in [1.82, 2.24) is 0 Å². The monoisotopic (exact) mass is 211 g/mol. The summed E-state index contributed by atoms with van der Waals surface area (Å²) in [6.07, 6.45) is 0. The van der Waals surface area contributed by atoms with Crippen LogP contribution in [0.15, 0.2) is 23.4 Å². The molecule has 1 aromatic carbocycles. The van der Waals surface area contributed by atoms with Crippen molar-refractivity contribution in [2.45, 2.75) is 13.8 Å². The molecule has 15 heavy (non-hydrogen) atoms. The first kappa shape index (κ1) is 11.5. The van der Waals surface area contributed by atoms with Crippen LogP contribution in [0.1, 0.15) is 18.1 Å². The number of aryl methyl sites for hydroxylation is 1. The van der Waals surface area contributed by atoms with Gasteiger partial charge in [-0.1, -0.05) is 11.2 Å². The summed E-state index contributed by atoms with van der Waals surface area (Å²) < 4.78 is 17.2. The number of hydrogen-bond donors (Lipinski definition) is 1. The Bertz CT molecular complexity index is 364. The molecule has 0 heterocycles. The van der Waals surface area contributed by atoms with E-state index in [-0.39, 0.29) is 6.61 Å². The molecule has 0 unspecified atom stereocenters. The molecule has 1 N–H and O–H groups in total. The van der Waals surface area contributed by atoms with E-state index >= 15 is 0 Å². The van der Waals surface area contributed by atoms with Crippen molar-refractivity contribution in [3.05, 3.63) is 29.3 Å². The van der Waals surface area contributed by atoms with Crippen LogP contribution < -0.4 is 4.74 Å². The van der Waals surface area contributed by atoms with E-state index in [0.717, 1.165) is 5.56 Å². The molecule has 1 aromatic rings. The Morgan fingerprint density at radius 3 is 2.87 bits per heavy atom. The van der Waals surface area contributed by atoms with Gasteiger partial charge in [0.15, 0.2) is 0 Å². The minimum atomic E-state index is -0.539. The Labute approximate surface area is 88.2 Å². The highest BCUT2D eigenvalue weighted by Gasteiger charge is 2.07. The average molecular weight is 211 g/mol. The fourth-order valence-electron chi connectivity index (χ4n) is 1.25. The number of alkyl halides is 1. The molecule has 0 aliphatic heterocycles. The van der Waals surface area contributed by atoms with E-state index in [9.17, 15) is 4.39 Å². The maximum absolute atomic E-state index is 12.0. The zero-order chi connectivity index (χ0) is 11.3. The van der Waals surface area contributed by atoms with E-state index < -0.39 is 6.67 Å². The van der Waals surface area contributed by atoms with Crippen molar-refractivity contribution in [2.24, 2.45) is 5.16 Å². The van der Waals surface area contributed by atoms with Gasteiger partial charge in [0.1, 0.15) is 19.0 Å². The average Bonchev–Trinajstić information content (AvgIpc) is 2.25. The summed E-state index contributed by atoms with van der Waals surface area (Å²) in [7, 11) is 0. The number of rotatable bonds is 4. The molecule has 0 fully saturated rings. The quantitative estimate of drug-likeness (QED) is 0.472. The van der Waals surface area contributed by atoms with Crippen molar-refractivity contribution >= 4 is 5.71 Å². The third-order valence-electron chi connectivity index (χ3n) is 2.01. The largest absolute Gasteiger partial charge is 0.490 e. The Kier molecular flexibility index (Phi) is 4.09. The molecule has 0 radical (unpaired) electrons. The predicted octanol–water partition coefficient (Wildman–Crippen LogP) is 2.54. The second-order valence-electron chi connectivity index (χ2n) is 3.22. The molecule has 0 amide bonds. The third kappa shape index (κ3) is 2.94. The molecule has 1 rings (SSSR count). The van der Waals surface area contributed by atoms with Gasteiger partial charge in [0.25, 0.3) is 0 Å². The van der Waals surface area contributed by atoms with E-state index in [1.54, 1.807) is 19.1 Å². The van der Waals surface area contributed by atoms with Crippen LogP contribution >= 0.6 is 0 Å². The summed E-state index contributed by atoms with van der Waals surface area (Å²) in [5.41, 5.74) is 2.14. The number of hydrogen-bond acceptors (Lipinski definition) is 3. The topological polar surface area (TPSA) is 41.8 Å². The summed E-state index contributed by atoms with van der Waals surface area (Å²) in [5.74, 6) is 0.544. The summed E-state index contributed by atoms with van der Waals surface area (Å²) in [5, 5.41) is 11.8. The molecule has 0 aromatic heterocycles. The van der Waals surface area contributed by atoms with Crippen LogP contribution in [-0.2, 0) is 0 Å². The van der Waals surface area contributed by atoms with Gasteiger partial charge >= 0.3 is 0 Å². The fraction of sp³-hybridized carbons (Fsp3) is 0.364. The Balaban J connectivity index is 3.03. The van der Waals surface area contributed by atoms with Gasteiger partial charge in [-0.3, -0.25) is 0 Å². The minimum Gasteiger partial charge on any atom is -0.490 e. The SMILES string of the molecule is C/C(=N/O)c1ccc(C)cc1OCCF. The maximum Gasteiger partial charge on any atom is 0.128 e. The molecule has 0 aliphatic carbocycles. The summed E-state index contributed by atoms with van der Waals surface area (Å²) in [4.78, 5) is 0. The Morgan fingerprint density at radius 1 is 1.53 bits per heavy atom. The molecule has 0 saturated carbocycles. The lowest BCUT2D eigenvalue weighted by Gasteiger charge is -2.10. The van der Waals surface area contributed by atoms with E-state index in [2.05, 4.69) is 5.16 Å².